The van der Waals surface area contributed by atoms with Gasteiger partial charge in [0, 0.05) is 11.6 Å². The number of rotatable bonds is 7. The molecule has 2 nitrogen and oxygen atoms in total. The molecule has 0 fully saturated rings. The minimum absolute atomic E-state index is 0.0238. The first-order valence-corrected chi connectivity index (χ1v) is 7.93. The normalized spacial score (nSPS) is 13.8. The molecule has 0 aliphatic carbocycles. The van der Waals surface area contributed by atoms with Crippen LogP contribution >= 0.6 is 15.9 Å². The fraction of sp³-hybridized carbons (Fsp3) is 0.625. The molecule has 0 aromatic heterocycles. The number of benzene rings is 1. The number of halogens is 2. The summed E-state index contributed by atoms with van der Waals surface area (Å²) in [5.74, 6) is -0.210. The van der Waals surface area contributed by atoms with Gasteiger partial charge in [0.05, 0.1) is 4.47 Å². The van der Waals surface area contributed by atoms with Gasteiger partial charge < -0.3 is 10.2 Å². The Balaban J connectivity index is 2.91. The van der Waals surface area contributed by atoms with Gasteiger partial charge in [-0.25, -0.2) is 4.39 Å². The van der Waals surface area contributed by atoms with Gasteiger partial charge in [0.25, 0.3) is 0 Å². The fourth-order valence-corrected chi connectivity index (χ4v) is 2.53. The summed E-state index contributed by atoms with van der Waals surface area (Å²) in [6.45, 7) is 7.63. The zero-order valence-electron chi connectivity index (χ0n) is 13.1. The van der Waals surface area contributed by atoms with Crippen LogP contribution in [0.3, 0.4) is 0 Å². The SMILES string of the molecule is CCCNC(Cc1ccc(F)c(Br)c1)C(C)(C)N(C)C. The van der Waals surface area contributed by atoms with Gasteiger partial charge in [-0.2, -0.15) is 0 Å². The molecule has 1 unspecified atom stereocenters. The Kier molecular flexibility index (Phi) is 6.62. The van der Waals surface area contributed by atoms with Crippen molar-refractivity contribution in [2.45, 2.75) is 45.2 Å². The average molecular weight is 345 g/mol. The molecule has 1 N–H and O–H groups in total. The first-order valence-electron chi connectivity index (χ1n) is 7.13. The zero-order chi connectivity index (χ0) is 15.3. The maximum atomic E-state index is 13.3. The van der Waals surface area contributed by atoms with Gasteiger partial charge in [-0.05, 0) is 81.0 Å². The molecule has 0 saturated heterocycles. The maximum Gasteiger partial charge on any atom is 0.137 e. The largest absolute Gasteiger partial charge is 0.312 e. The van der Waals surface area contributed by atoms with Crippen molar-refractivity contribution < 1.29 is 4.39 Å². The molecule has 0 radical (unpaired) electrons. The molecule has 0 amide bonds. The van der Waals surface area contributed by atoms with E-state index in [0.29, 0.717) is 10.5 Å². The van der Waals surface area contributed by atoms with E-state index in [1.807, 2.05) is 12.1 Å². The topological polar surface area (TPSA) is 15.3 Å². The molecular formula is C16H26BrFN2. The van der Waals surface area contributed by atoms with Crippen LogP contribution in [0.25, 0.3) is 0 Å². The van der Waals surface area contributed by atoms with Crippen molar-refractivity contribution in [3.8, 4) is 0 Å². The van der Waals surface area contributed by atoms with Crippen LogP contribution in [0.4, 0.5) is 4.39 Å². The lowest BCUT2D eigenvalue weighted by molar-refractivity contribution is 0.137. The summed E-state index contributed by atoms with van der Waals surface area (Å²) in [4.78, 5) is 2.24. The second kappa shape index (κ2) is 7.53. The summed E-state index contributed by atoms with van der Waals surface area (Å²) in [5, 5.41) is 3.62. The molecule has 0 aliphatic heterocycles. The monoisotopic (exact) mass is 344 g/mol. The van der Waals surface area contributed by atoms with Gasteiger partial charge in [-0.15, -0.1) is 0 Å². The highest BCUT2D eigenvalue weighted by Gasteiger charge is 2.31. The van der Waals surface area contributed by atoms with Crippen LogP contribution in [-0.4, -0.2) is 37.1 Å². The van der Waals surface area contributed by atoms with Crippen LogP contribution in [0.2, 0.25) is 0 Å². The molecule has 0 spiro atoms. The molecular weight excluding hydrogens is 319 g/mol. The predicted molar refractivity (Wildman–Crippen MR) is 87.7 cm³/mol. The van der Waals surface area contributed by atoms with E-state index in [-0.39, 0.29) is 11.4 Å². The highest BCUT2D eigenvalue weighted by molar-refractivity contribution is 9.10. The van der Waals surface area contributed by atoms with Crippen molar-refractivity contribution >= 4 is 15.9 Å². The van der Waals surface area contributed by atoms with E-state index in [1.54, 1.807) is 0 Å². The summed E-state index contributed by atoms with van der Waals surface area (Å²) in [6, 6.07) is 5.59. The standard InChI is InChI=1S/C16H26BrFN2/c1-6-9-19-15(16(2,3)20(4)5)11-12-7-8-14(18)13(17)10-12/h7-8,10,15,19H,6,9,11H2,1-5H3. The molecule has 1 aromatic rings. The number of likely N-dealkylation sites (N-methyl/N-ethyl adjacent to an activating group) is 1. The van der Waals surface area contributed by atoms with Crippen LogP contribution in [0.15, 0.2) is 22.7 Å². The maximum absolute atomic E-state index is 13.3. The van der Waals surface area contributed by atoms with E-state index >= 15 is 0 Å². The van der Waals surface area contributed by atoms with Crippen molar-refractivity contribution in [1.29, 1.82) is 0 Å². The summed E-state index contributed by atoms with van der Waals surface area (Å²) in [7, 11) is 4.20. The Morgan fingerprint density at radius 2 is 2.00 bits per heavy atom. The minimum atomic E-state index is -0.210. The molecule has 0 saturated carbocycles. The first kappa shape index (κ1) is 17.6. The Morgan fingerprint density at radius 1 is 1.35 bits per heavy atom. The Morgan fingerprint density at radius 3 is 2.50 bits per heavy atom. The second-order valence-corrected chi connectivity index (χ2v) is 6.86. The van der Waals surface area contributed by atoms with Crippen LogP contribution in [-0.2, 0) is 6.42 Å². The van der Waals surface area contributed by atoms with Gasteiger partial charge in [-0.3, -0.25) is 0 Å². The third kappa shape index (κ3) is 4.54. The summed E-state index contributed by atoms with van der Waals surface area (Å²) < 4.78 is 13.9. The van der Waals surface area contributed by atoms with Crippen LogP contribution in [0.5, 0.6) is 0 Å². The average Bonchev–Trinajstić information content (AvgIpc) is 2.38. The van der Waals surface area contributed by atoms with Crippen molar-refractivity contribution in [3.05, 3.63) is 34.1 Å². The second-order valence-electron chi connectivity index (χ2n) is 6.01. The highest BCUT2D eigenvalue weighted by Crippen LogP contribution is 2.23. The lowest BCUT2D eigenvalue weighted by atomic mass is 9.88. The summed E-state index contributed by atoms with van der Waals surface area (Å²) in [5.41, 5.74) is 1.16. The van der Waals surface area contributed by atoms with Gasteiger partial charge in [0.2, 0.25) is 0 Å². The van der Waals surface area contributed by atoms with Gasteiger partial charge in [0.1, 0.15) is 5.82 Å². The van der Waals surface area contributed by atoms with E-state index in [1.165, 1.54) is 6.07 Å². The zero-order valence-corrected chi connectivity index (χ0v) is 14.7. The lowest BCUT2D eigenvalue weighted by Gasteiger charge is -2.41. The fourth-order valence-electron chi connectivity index (χ4n) is 2.10. The number of hydrogen-bond acceptors (Lipinski definition) is 2. The molecule has 1 atom stereocenters. The summed E-state index contributed by atoms with van der Waals surface area (Å²) >= 11 is 3.26. The highest BCUT2D eigenvalue weighted by atomic mass is 79.9. The Hall–Kier alpha value is -0.450. The van der Waals surface area contributed by atoms with Crippen LogP contribution in [0.1, 0.15) is 32.8 Å². The molecule has 0 heterocycles. The third-order valence-electron chi connectivity index (χ3n) is 4.07. The van der Waals surface area contributed by atoms with Crippen molar-refractivity contribution in [2.24, 2.45) is 0 Å². The smallest absolute Gasteiger partial charge is 0.137 e. The lowest BCUT2D eigenvalue weighted by Crippen LogP contribution is -2.56. The van der Waals surface area contributed by atoms with E-state index in [4.69, 9.17) is 0 Å². The molecule has 20 heavy (non-hydrogen) atoms. The van der Waals surface area contributed by atoms with E-state index in [2.05, 4.69) is 61.0 Å². The molecule has 114 valence electrons. The molecule has 1 aromatic carbocycles. The van der Waals surface area contributed by atoms with Gasteiger partial charge in [0.15, 0.2) is 0 Å². The van der Waals surface area contributed by atoms with E-state index < -0.39 is 0 Å². The minimum Gasteiger partial charge on any atom is -0.312 e. The molecule has 1 rings (SSSR count). The number of hydrogen-bond donors (Lipinski definition) is 1. The Labute approximate surface area is 130 Å². The van der Waals surface area contributed by atoms with Gasteiger partial charge >= 0.3 is 0 Å². The van der Waals surface area contributed by atoms with Crippen LogP contribution in [0, 0.1) is 5.82 Å². The first-order chi connectivity index (χ1) is 9.28. The Bertz CT molecular complexity index is 432. The number of nitrogens with one attached hydrogen (secondary N) is 1. The molecule has 0 aliphatic rings. The van der Waals surface area contributed by atoms with Crippen molar-refractivity contribution in [2.75, 3.05) is 20.6 Å². The molecule has 4 heteroatoms. The summed E-state index contributed by atoms with van der Waals surface area (Å²) in [6.07, 6.45) is 1.98. The van der Waals surface area contributed by atoms with Crippen molar-refractivity contribution in [1.82, 2.24) is 10.2 Å². The number of nitrogens with zero attached hydrogens (tertiary/aromatic N) is 1. The van der Waals surface area contributed by atoms with E-state index in [9.17, 15) is 4.39 Å². The quantitative estimate of drug-likeness (QED) is 0.808. The van der Waals surface area contributed by atoms with E-state index in [0.717, 1.165) is 24.9 Å². The van der Waals surface area contributed by atoms with Gasteiger partial charge in [-0.1, -0.05) is 13.0 Å². The third-order valence-corrected chi connectivity index (χ3v) is 4.68. The van der Waals surface area contributed by atoms with Crippen molar-refractivity contribution in [3.63, 3.8) is 0 Å². The predicted octanol–water partition coefficient (Wildman–Crippen LogP) is 3.84. The molecule has 0 bridgehead atoms. The van der Waals surface area contributed by atoms with Crippen LogP contribution < -0.4 is 5.32 Å².